The van der Waals surface area contributed by atoms with E-state index in [1.165, 1.54) is 25.3 Å². The molecule has 1 aromatic carbocycles. The number of benzene rings is 1. The van der Waals surface area contributed by atoms with Crippen LogP contribution in [0.15, 0.2) is 22.7 Å². The Morgan fingerprint density at radius 2 is 2.29 bits per heavy atom. The molecule has 0 atom stereocenters. The van der Waals surface area contributed by atoms with Gasteiger partial charge in [0.15, 0.2) is 5.75 Å². The number of ether oxygens (including phenoxy) is 1. The van der Waals surface area contributed by atoms with Crippen LogP contribution in [-0.2, 0) is 0 Å². The molecule has 0 spiro atoms. The third-order valence-corrected chi connectivity index (χ3v) is 2.18. The zero-order chi connectivity index (χ0) is 12.4. The molecule has 0 saturated carbocycles. The van der Waals surface area contributed by atoms with E-state index in [9.17, 15) is 10.1 Å². The number of hydrogen-bond donors (Lipinski definition) is 0. The number of aromatic nitrogens is 2. The van der Waals surface area contributed by atoms with Crippen molar-refractivity contribution < 1.29 is 14.2 Å². The van der Waals surface area contributed by atoms with Crippen LogP contribution < -0.4 is 4.74 Å². The van der Waals surface area contributed by atoms with Gasteiger partial charge < -0.3 is 9.26 Å². The van der Waals surface area contributed by atoms with Crippen LogP contribution in [0.25, 0.3) is 11.5 Å². The summed E-state index contributed by atoms with van der Waals surface area (Å²) in [5.74, 6) is 0.282. The molecule has 0 saturated heterocycles. The molecule has 2 rings (SSSR count). The lowest BCUT2D eigenvalue weighted by atomic mass is 10.2. The summed E-state index contributed by atoms with van der Waals surface area (Å²) in [4.78, 5) is 13.9. The second-order valence-corrected chi connectivity index (χ2v) is 3.35. The van der Waals surface area contributed by atoms with Gasteiger partial charge in [0.1, 0.15) is 0 Å². The SMILES string of the molecule is COc1cc(-c2nc(Cl)no2)ccc1[N+](=O)[O-]. The lowest BCUT2D eigenvalue weighted by molar-refractivity contribution is -0.385. The lowest BCUT2D eigenvalue weighted by Gasteiger charge is -2.02. The van der Waals surface area contributed by atoms with Gasteiger partial charge in [-0.05, 0) is 22.8 Å². The summed E-state index contributed by atoms with van der Waals surface area (Å²) < 4.78 is 9.74. The number of halogens is 1. The van der Waals surface area contributed by atoms with Crippen LogP contribution >= 0.6 is 11.6 Å². The number of rotatable bonds is 3. The Labute approximate surface area is 100 Å². The fraction of sp³-hybridized carbons (Fsp3) is 0.111. The normalized spacial score (nSPS) is 10.2. The van der Waals surface area contributed by atoms with Crippen LogP contribution in [0.5, 0.6) is 5.75 Å². The fourth-order valence-electron chi connectivity index (χ4n) is 1.28. The predicted molar refractivity (Wildman–Crippen MR) is 58.0 cm³/mol. The Kier molecular flexibility index (Phi) is 2.92. The molecule has 0 amide bonds. The van der Waals surface area contributed by atoms with Gasteiger partial charge in [-0.15, -0.1) is 0 Å². The molecule has 0 aliphatic heterocycles. The van der Waals surface area contributed by atoms with E-state index in [0.717, 1.165) is 0 Å². The Morgan fingerprint density at radius 1 is 1.53 bits per heavy atom. The van der Waals surface area contributed by atoms with E-state index >= 15 is 0 Å². The first kappa shape index (κ1) is 11.3. The second-order valence-electron chi connectivity index (χ2n) is 3.01. The van der Waals surface area contributed by atoms with Crippen LogP contribution in [0, 0.1) is 10.1 Å². The van der Waals surface area contributed by atoms with Crippen molar-refractivity contribution in [2.24, 2.45) is 0 Å². The molecule has 88 valence electrons. The second kappa shape index (κ2) is 4.38. The van der Waals surface area contributed by atoms with Crippen LogP contribution in [0.4, 0.5) is 5.69 Å². The van der Waals surface area contributed by atoms with Gasteiger partial charge in [-0.3, -0.25) is 10.1 Å². The maximum absolute atomic E-state index is 10.7. The van der Waals surface area contributed by atoms with Crippen LogP contribution in [0.1, 0.15) is 0 Å². The molecule has 0 aliphatic rings. The molecule has 1 aromatic heterocycles. The summed E-state index contributed by atoms with van der Waals surface area (Å²) in [6.45, 7) is 0. The minimum absolute atomic E-state index is 0.0303. The molecule has 0 aliphatic carbocycles. The van der Waals surface area contributed by atoms with E-state index in [1.54, 1.807) is 0 Å². The van der Waals surface area contributed by atoms with E-state index in [4.69, 9.17) is 20.9 Å². The van der Waals surface area contributed by atoms with Gasteiger partial charge in [0.25, 0.3) is 11.2 Å². The highest BCUT2D eigenvalue weighted by Gasteiger charge is 2.17. The fourth-order valence-corrected chi connectivity index (χ4v) is 1.40. The molecule has 1 heterocycles. The maximum Gasteiger partial charge on any atom is 0.310 e. The van der Waals surface area contributed by atoms with E-state index in [-0.39, 0.29) is 22.6 Å². The molecular weight excluding hydrogens is 250 g/mol. The zero-order valence-electron chi connectivity index (χ0n) is 8.58. The van der Waals surface area contributed by atoms with E-state index < -0.39 is 4.92 Å². The molecule has 0 N–H and O–H groups in total. The van der Waals surface area contributed by atoms with Crippen molar-refractivity contribution >= 4 is 17.3 Å². The minimum Gasteiger partial charge on any atom is -0.490 e. The number of hydrogen-bond acceptors (Lipinski definition) is 6. The highest BCUT2D eigenvalue weighted by molar-refractivity contribution is 6.28. The van der Waals surface area contributed by atoms with Crippen LogP contribution in [-0.4, -0.2) is 22.2 Å². The first-order chi connectivity index (χ1) is 8.11. The third-order valence-electron chi connectivity index (χ3n) is 2.02. The van der Waals surface area contributed by atoms with Crippen molar-refractivity contribution in [2.45, 2.75) is 0 Å². The quantitative estimate of drug-likeness (QED) is 0.617. The molecule has 7 nitrogen and oxygen atoms in total. The van der Waals surface area contributed by atoms with Crippen LogP contribution in [0.3, 0.4) is 0 Å². The van der Waals surface area contributed by atoms with Crippen LogP contribution in [0.2, 0.25) is 5.28 Å². The summed E-state index contributed by atoms with van der Waals surface area (Å²) in [5, 5.41) is 14.1. The Morgan fingerprint density at radius 3 is 2.82 bits per heavy atom. The molecule has 8 heteroatoms. The average Bonchev–Trinajstić information content (AvgIpc) is 2.75. The molecule has 2 aromatic rings. The largest absolute Gasteiger partial charge is 0.490 e. The van der Waals surface area contributed by atoms with Gasteiger partial charge in [0, 0.05) is 17.7 Å². The summed E-state index contributed by atoms with van der Waals surface area (Å²) in [5.41, 5.74) is 0.355. The van der Waals surface area contributed by atoms with Crippen molar-refractivity contribution in [2.75, 3.05) is 7.11 Å². The number of nitro groups is 1. The van der Waals surface area contributed by atoms with Crippen molar-refractivity contribution in [3.63, 3.8) is 0 Å². The first-order valence-electron chi connectivity index (χ1n) is 4.44. The number of nitro benzene ring substituents is 1. The van der Waals surface area contributed by atoms with Gasteiger partial charge in [0.05, 0.1) is 12.0 Å². The van der Waals surface area contributed by atoms with E-state index in [1.807, 2.05) is 0 Å². The van der Waals surface area contributed by atoms with E-state index in [0.29, 0.717) is 5.56 Å². The molecule has 0 radical (unpaired) electrons. The molecule has 0 bridgehead atoms. The highest BCUT2D eigenvalue weighted by atomic mass is 35.5. The van der Waals surface area contributed by atoms with Gasteiger partial charge >= 0.3 is 5.69 Å². The third kappa shape index (κ3) is 2.18. The lowest BCUT2D eigenvalue weighted by Crippen LogP contribution is -1.93. The summed E-state index contributed by atoms with van der Waals surface area (Å²) in [7, 11) is 1.34. The van der Waals surface area contributed by atoms with E-state index in [2.05, 4.69) is 10.1 Å². The molecule has 17 heavy (non-hydrogen) atoms. The average molecular weight is 256 g/mol. The van der Waals surface area contributed by atoms with Gasteiger partial charge in [-0.25, -0.2) is 0 Å². The monoisotopic (exact) mass is 255 g/mol. The van der Waals surface area contributed by atoms with Crippen molar-refractivity contribution in [1.29, 1.82) is 0 Å². The maximum atomic E-state index is 10.7. The summed E-state index contributed by atoms with van der Waals surface area (Å²) in [6, 6.07) is 4.21. The first-order valence-corrected chi connectivity index (χ1v) is 4.81. The molecule has 0 fully saturated rings. The topological polar surface area (TPSA) is 91.3 Å². The van der Waals surface area contributed by atoms with Gasteiger partial charge in [-0.2, -0.15) is 4.98 Å². The molecule has 0 unspecified atom stereocenters. The minimum atomic E-state index is -0.538. The predicted octanol–water partition coefficient (Wildman–Crippen LogP) is 2.31. The Balaban J connectivity index is 2.48. The van der Waals surface area contributed by atoms with Gasteiger partial charge in [-0.1, -0.05) is 0 Å². The standard InChI is InChI=1S/C9H6ClN3O4/c1-16-7-4-5(2-3-6(7)13(14)15)8-11-9(10)12-17-8/h2-4H,1H3. The number of methoxy groups -OCH3 is 1. The van der Waals surface area contributed by atoms with Crippen molar-refractivity contribution in [3.05, 3.63) is 33.6 Å². The van der Waals surface area contributed by atoms with Crippen molar-refractivity contribution in [1.82, 2.24) is 10.1 Å². The summed E-state index contributed by atoms with van der Waals surface area (Å²) >= 11 is 5.51. The van der Waals surface area contributed by atoms with Crippen molar-refractivity contribution in [3.8, 4) is 17.2 Å². The zero-order valence-corrected chi connectivity index (χ0v) is 9.34. The summed E-state index contributed by atoms with van der Waals surface area (Å²) in [6.07, 6.45) is 0. The Hall–Kier alpha value is -2.15. The Bertz CT molecular complexity index is 569. The number of nitrogens with zero attached hydrogens (tertiary/aromatic N) is 3. The highest BCUT2D eigenvalue weighted by Crippen LogP contribution is 2.31. The smallest absolute Gasteiger partial charge is 0.310 e. The van der Waals surface area contributed by atoms with Gasteiger partial charge in [0.2, 0.25) is 0 Å². The molecular formula is C9H6ClN3O4.